The van der Waals surface area contributed by atoms with E-state index in [9.17, 15) is 13.2 Å². The summed E-state index contributed by atoms with van der Waals surface area (Å²) < 4.78 is 32.9. The van der Waals surface area contributed by atoms with Crippen LogP contribution in [0.3, 0.4) is 0 Å². The topological polar surface area (TPSA) is 94.6 Å². The van der Waals surface area contributed by atoms with Crippen LogP contribution < -0.4 is 0 Å². The lowest BCUT2D eigenvalue weighted by molar-refractivity contribution is -0.131. The van der Waals surface area contributed by atoms with Crippen LogP contribution in [-0.2, 0) is 34.1 Å². The molecule has 0 unspecified atom stereocenters. The Labute approximate surface area is 186 Å². The Hall–Kier alpha value is -3.15. The molecule has 1 amide bonds. The van der Waals surface area contributed by atoms with E-state index in [4.69, 9.17) is 9.68 Å². The number of fused-ring (bicyclic) bond motifs is 2. The monoisotopic (exact) mass is 449 g/mol. The molecule has 5 rings (SSSR count). The predicted octanol–water partition coefficient (Wildman–Crippen LogP) is 2.87. The summed E-state index contributed by atoms with van der Waals surface area (Å²) in [4.78, 5) is 14.8. The number of hydrogen-bond donors (Lipinski definition) is 0. The summed E-state index contributed by atoms with van der Waals surface area (Å²) in [5.41, 5.74) is 4.80. The number of carbonyl (C=O) groups excluding carboxylic acids is 1. The van der Waals surface area contributed by atoms with Gasteiger partial charge in [-0.25, -0.2) is 8.42 Å². The summed E-state index contributed by atoms with van der Waals surface area (Å²) in [7, 11) is -3.65. The summed E-state index contributed by atoms with van der Waals surface area (Å²) >= 11 is 0. The number of piperazine rings is 1. The number of hydrogen-bond acceptors (Lipinski definition) is 5. The lowest BCUT2D eigenvalue weighted by atomic mass is 10.0. The van der Waals surface area contributed by atoms with Crippen LogP contribution in [0.15, 0.2) is 52.0 Å². The highest BCUT2D eigenvalue weighted by Gasteiger charge is 2.30. The molecule has 7 nitrogen and oxygen atoms in total. The van der Waals surface area contributed by atoms with Crippen molar-refractivity contribution in [2.45, 2.75) is 30.6 Å². The third-order valence-electron chi connectivity index (χ3n) is 6.42. The third-order valence-corrected chi connectivity index (χ3v) is 8.34. The summed E-state index contributed by atoms with van der Waals surface area (Å²) in [6.07, 6.45) is 5.22. The number of benzene rings is 2. The van der Waals surface area contributed by atoms with Crippen molar-refractivity contribution in [1.29, 1.82) is 5.26 Å². The van der Waals surface area contributed by atoms with Crippen LogP contribution in [0.4, 0.5) is 0 Å². The average Bonchev–Trinajstić information content (AvgIpc) is 3.44. The zero-order chi connectivity index (χ0) is 22.3. The predicted molar refractivity (Wildman–Crippen MR) is 118 cm³/mol. The number of sulfonamides is 1. The van der Waals surface area contributed by atoms with Crippen molar-refractivity contribution >= 4 is 26.9 Å². The molecular formula is C24H23N3O4S. The molecule has 0 atom stereocenters. The van der Waals surface area contributed by atoms with Gasteiger partial charge >= 0.3 is 0 Å². The molecule has 2 aliphatic rings. The molecule has 8 heteroatoms. The van der Waals surface area contributed by atoms with Crippen LogP contribution in [0.5, 0.6) is 0 Å². The van der Waals surface area contributed by atoms with Crippen LogP contribution in [0.1, 0.15) is 28.7 Å². The Morgan fingerprint density at radius 2 is 1.72 bits per heavy atom. The van der Waals surface area contributed by atoms with Crippen molar-refractivity contribution < 1.29 is 17.6 Å². The van der Waals surface area contributed by atoms with E-state index in [1.807, 2.05) is 6.07 Å². The molecule has 0 radical (unpaired) electrons. The first-order chi connectivity index (χ1) is 15.5. The number of carbonyl (C=O) groups is 1. The van der Waals surface area contributed by atoms with Crippen LogP contribution in [0.25, 0.3) is 11.0 Å². The van der Waals surface area contributed by atoms with E-state index in [2.05, 4.69) is 12.1 Å². The average molecular weight is 450 g/mol. The van der Waals surface area contributed by atoms with Gasteiger partial charge in [-0.1, -0.05) is 0 Å². The lowest BCUT2D eigenvalue weighted by Crippen LogP contribution is -2.50. The molecular weight excluding hydrogens is 426 g/mol. The molecule has 1 aromatic heterocycles. The van der Waals surface area contributed by atoms with E-state index < -0.39 is 10.0 Å². The summed E-state index contributed by atoms with van der Waals surface area (Å²) in [5, 5.41) is 9.90. The number of amides is 1. The van der Waals surface area contributed by atoms with Crippen molar-refractivity contribution in [3.05, 3.63) is 64.9 Å². The van der Waals surface area contributed by atoms with E-state index in [0.29, 0.717) is 18.7 Å². The quantitative estimate of drug-likeness (QED) is 0.610. The molecule has 0 spiro atoms. The van der Waals surface area contributed by atoms with E-state index in [-0.39, 0.29) is 30.3 Å². The fourth-order valence-electron chi connectivity index (χ4n) is 4.59. The number of rotatable bonds is 4. The Bertz CT molecular complexity index is 1330. The second-order valence-corrected chi connectivity index (χ2v) is 10.3. The second kappa shape index (κ2) is 8.08. The highest BCUT2D eigenvalue weighted by Crippen LogP contribution is 2.31. The highest BCUT2D eigenvalue weighted by atomic mass is 32.2. The van der Waals surface area contributed by atoms with Gasteiger partial charge in [-0.05, 0) is 66.8 Å². The Morgan fingerprint density at radius 3 is 2.41 bits per heavy atom. The van der Waals surface area contributed by atoms with Crippen molar-refractivity contribution in [1.82, 2.24) is 9.21 Å². The lowest BCUT2D eigenvalue weighted by Gasteiger charge is -2.34. The van der Waals surface area contributed by atoms with Crippen molar-refractivity contribution in [3.8, 4) is 6.07 Å². The maximum Gasteiger partial charge on any atom is 0.243 e. The molecule has 1 fully saturated rings. The Kier molecular flexibility index (Phi) is 5.24. The van der Waals surface area contributed by atoms with Gasteiger partial charge in [0.05, 0.1) is 29.2 Å². The fraction of sp³-hybridized carbons (Fsp3) is 0.333. The van der Waals surface area contributed by atoms with E-state index in [1.165, 1.54) is 39.7 Å². The SMILES string of the molecule is N#Cc1ccc(S(=O)(=O)N2CCN(C(=O)Cc3coc4cc5c(cc34)CCC5)CC2)cc1. The zero-order valence-corrected chi connectivity index (χ0v) is 18.4. The standard InChI is InChI=1S/C24H23N3O4S/c25-15-17-4-6-21(7-5-17)32(29,30)27-10-8-26(9-11-27)24(28)14-20-16-31-23-13-19-3-1-2-18(19)12-22(20)23/h4-7,12-13,16H,1-3,8-11,14H2. The van der Waals surface area contributed by atoms with Crippen LogP contribution in [0, 0.1) is 11.3 Å². The molecule has 0 N–H and O–H groups in total. The number of nitriles is 1. The Balaban J connectivity index is 1.25. The molecule has 1 aliphatic carbocycles. The van der Waals surface area contributed by atoms with Gasteiger partial charge in [0.1, 0.15) is 5.58 Å². The van der Waals surface area contributed by atoms with Crippen molar-refractivity contribution in [2.75, 3.05) is 26.2 Å². The molecule has 1 aliphatic heterocycles. The first-order valence-electron chi connectivity index (χ1n) is 10.8. The van der Waals surface area contributed by atoms with Gasteiger partial charge in [-0.2, -0.15) is 9.57 Å². The van der Waals surface area contributed by atoms with Crippen molar-refractivity contribution in [2.24, 2.45) is 0 Å². The molecule has 2 heterocycles. The number of aryl methyl sites for hydroxylation is 2. The molecule has 0 saturated carbocycles. The molecule has 2 aromatic carbocycles. The van der Waals surface area contributed by atoms with Crippen LogP contribution >= 0.6 is 0 Å². The van der Waals surface area contributed by atoms with Gasteiger partial charge in [0.2, 0.25) is 15.9 Å². The van der Waals surface area contributed by atoms with Gasteiger partial charge in [0.15, 0.2) is 0 Å². The second-order valence-electron chi connectivity index (χ2n) is 8.33. The van der Waals surface area contributed by atoms with Gasteiger partial charge in [-0.3, -0.25) is 4.79 Å². The zero-order valence-electron chi connectivity index (χ0n) is 17.6. The van der Waals surface area contributed by atoms with E-state index in [0.717, 1.165) is 35.8 Å². The normalized spacial score (nSPS) is 16.8. The minimum Gasteiger partial charge on any atom is -0.464 e. The number of nitrogens with zero attached hydrogens (tertiary/aromatic N) is 3. The molecule has 164 valence electrons. The summed E-state index contributed by atoms with van der Waals surface area (Å²) in [5.74, 6) is -0.0244. The summed E-state index contributed by atoms with van der Waals surface area (Å²) in [6.45, 7) is 1.18. The first-order valence-corrected chi connectivity index (χ1v) is 12.2. The molecule has 1 saturated heterocycles. The third kappa shape index (κ3) is 3.68. The smallest absolute Gasteiger partial charge is 0.243 e. The van der Waals surface area contributed by atoms with Gasteiger partial charge in [0, 0.05) is 37.1 Å². The highest BCUT2D eigenvalue weighted by molar-refractivity contribution is 7.89. The number of furan rings is 1. The minimum absolute atomic E-state index is 0.0244. The van der Waals surface area contributed by atoms with Gasteiger partial charge in [0.25, 0.3) is 0 Å². The van der Waals surface area contributed by atoms with E-state index >= 15 is 0 Å². The van der Waals surface area contributed by atoms with Crippen LogP contribution in [0.2, 0.25) is 0 Å². The fourth-order valence-corrected chi connectivity index (χ4v) is 6.01. The van der Waals surface area contributed by atoms with E-state index in [1.54, 1.807) is 11.2 Å². The largest absolute Gasteiger partial charge is 0.464 e. The van der Waals surface area contributed by atoms with Gasteiger partial charge in [-0.15, -0.1) is 0 Å². The first kappa shape index (κ1) is 20.7. The molecule has 0 bridgehead atoms. The summed E-state index contributed by atoms with van der Waals surface area (Å²) in [6, 6.07) is 12.1. The molecule has 3 aromatic rings. The maximum absolute atomic E-state index is 12.9. The molecule has 32 heavy (non-hydrogen) atoms. The van der Waals surface area contributed by atoms with Crippen LogP contribution in [-0.4, -0.2) is 49.7 Å². The van der Waals surface area contributed by atoms with Crippen molar-refractivity contribution in [3.63, 3.8) is 0 Å². The van der Waals surface area contributed by atoms with Gasteiger partial charge < -0.3 is 9.32 Å². The Morgan fingerprint density at radius 1 is 1.03 bits per heavy atom. The maximum atomic E-state index is 12.9. The minimum atomic E-state index is -3.65.